The third-order valence-electron chi connectivity index (χ3n) is 3.62. The van der Waals surface area contributed by atoms with Gasteiger partial charge in [-0.1, -0.05) is 12.1 Å². The maximum atomic E-state index is 13.1. The quantitative estimate of drug-likeness (QED) is 0.935. The summed E-state index contributed by atoms with van der Waals surface area (Å²) in [6, 6.07) is 7.89. The van der Waals surface area contributed by atoms with Crippen LogP contribution in [0.15, 0.2) is 36.5 Å². The van der Waals surface area contributed by atoms with Gasteiger partial charge in [-0.15, -0.1) is 0 Å². The molecule has 1 saturated heterocycles. The van der Waals surface area contributed by atoms with E-state index in [0.29, 0.717) is 24.8 Å². The number of halogens is 1. The Labute approximate surface area is 122 Å². The van der Waals surface area contributed by atoms with Crippen molar-refractivity contribution in [1.29, 1.82) is 0 Å². The van der Waals surface area contributed by atoms with Crippen molar-refractivity contribution in [2.45, 2.75) is 18.6 Å². The van der Waals surface area contributed by atoms with Crippen molar-refractivity contribution >= 4 is 5.95 Å². The lowest BCUT2D eigenvalue weighted by Gasteiger charge is -2.24. The van der Waals surface area contributed by atoms with E-state index in [2.05, 4.69) is 9.97 Å². The largest absolute Gasteiger partial charge is 0.481 e. The van der Waals surface area contributed by atoms with Crippen molar-refractivity contribution in [2.75, 3.05) is 18.6 Å². The Kier molecular flexibility index (Phi) is 3.70. The number of anilines is 1. The molecule has 0 saturated carbocycles. The summed E-state index contributed by atoms with van der Waals surface area (Å²) >= 11 is 0. The highest BCUT2D eigenvalue weighted by Crippen LogP contribution is 2.35. The van der Waals surface area contributed by atoms with Crippen LogP contribution in [-0.4, -0.2) is 34.8 Å². The second kappa shape index (κ2) is 5.65. The van der Waals surface area contributed by atoms with Crippen molar-refractivity contribution in [2.24, 2.45) is 0 Å². The van der Waals surface area contributed by atoms with E-state index in [-0.39, 0.29) is 11.9 Å². The van der Waals surface area contributed by atoms with Gasteiger partial charge >= 0.3 is 0 Å². The van der Waals surface area contributed by atoms with Crippen LogP contribution in [-0.2, 0) is 0 Å². The number of hydrogen-bond acceptors (Lipinski definition) is 5. The fourth-order valence-electron chi connectivity index (χ4n) is 2.62. The molecule has 2 aromatic rings. The van der Waals surface area contributed by atoms with Gasteiger partial charge in [0.1, 0.15) is 5.82 Å². The number of hydrogen-bond donors (Lipinski definition) is 1. The van der Waals surface area contributed by atoms with Gasteiger partial charge in [-0.2, -0.15) is 4.98 Å². The van der Waals surface area contributed by atoms with Gasteiger partial charge < -0.3 is 14.7 Å². The van der Waals surface area contributed by atoms with E-state index in [1.54, 1.807) is 31.5 Å². The minimum absolute atomic E-state index is 0.0762. The first-order valence-electron chi connectivity index (χ1n) is 6.74. The van der Waals surface area contributed by atoms with Crippen LogP contribution >= 0.6 is 0 Å². The second-order valence-electron chi connectivity index (χ2n) is 5.01. The van der Waals surface area contributed by atoms with Crippen molar-refractivity contribution < 1.29 is 14.2 Å². The zero-order valence-electron chi connectivity index (χ0n) is 11.6. The van der Waals surface area contributed by atoms with Gasteiger partial charge in [-0.3, -0.25) is 0 Å². The molecule has 1 aliphatic rings. The van der Waals surface area contributed by atoms with Crippen LogP contribution in [0, 0.1) is 5.82 Å². The van der Waals surface area contributed by atoms with Gasteiger partial charge in [-0.05, 0) is 24.1 Å². The third kappa shape index (κ3) is 2.80. The Morgan fingerprint density at radius 3 is 2.76 bits per heavy atom. The standard InChI is InChI=1S/C15H16FN3O2/c1-21-14-6-7-17-15(18-14)19-9-12(20)8-13(19)10-2-4-11(16)5-3-10/h2-7,12-13,20H,8-9H2,1H3/t12-,13+/m1/s1. The number of aromatic nitrogens is 2. The zero-order chi connectivity index (χ0) is 14.8. The van der Waals surface area contributed by atoms with Crippen molar-refractivity contribution in [3.8, 4) is 5.88 Å². The number of aliphatic hydroxyl groups excluding tert-OH is 1. The number of ether oxygens (including phenoxy) is 1. The molecule has 0 aliphatic carbocycles. The fourth-order valence-corrected chi connectivity index (χ4v) is 2.62. The molecule has 5 nitrogen and oxygen atoms in total. The highest BCUT2D eigenvalue weighted by Gasteiger charge is 2.33. The molecular formula is C15H16FN3O2. The molecule has 110 valence electrons. The summed E-state index contributed by atoms with van der Waals surface area (Å²) in [5.74, 6) is 0.695. The molecule has 1 N–H and O–H groups in total. The summed E-state index contributed by atoms with van der Waals surface area (Å²) in [6.45, 7) is 0.440. The maximum absolute atomic E-state index is 13.1. The van der Waals surface area contributed by atoms with Gasteiger partial charge in [0.25, 0.3) is 0 Å². The van der Waals surface area contributed by atoms with Crippen LogP contribution in [0.4, 0.5) is 10.3 Å². The van der Waals surface area contributed by atoms with E-state index >= 15 is 0 Å². The number of benzene rings is 1. The Hall–Kier alpha value is -2.21. The minimum atomic E-state index is -0.463. The van der Waals surface area contributed by atoms with E-state index in [1.165, 1.54) is 12.1 Å². The maximum Gasteiger partial charge on any atom is 0.229 e. The SMILES string of the molecule is COc1ccnc(N2C[C@H](O)C[C@H]2c2ccc(F)cc2)n1. The molecule has 1 aromatic heterocycles. The first kappa shape index (κ1) is 13.8. The van der Waals surface area contributed by atoms with Gasteiger partial charge in [0.15, 0.2) is 0 Å². The molecule has 0 unspecified atom stereocenters. The summed E-state index contributed by atoms with van der Waals surface area (Å²) in [5, 5.41) is 9.97. The molecule has 1 aliphatic heterocycles. The lowest BCUT2D eigenvalue weighted by atomic mass is 10.0. The van der Waals surface area contributed by atoms with Crippen molar-refractivity contribution in [3.63, 3.8) is 0 Å². The predicted octanol–water partition coefficient (Wildman–Crippen LogP) is 1.94. The molecule has 1 fully saturated rings. The fraction of sp³-hybridized carbons (Fsp3) is 0.333. The van der Waals surface area contributed by atoms with Crippen LogP contribution in [0.5, 0.6) is 5.88 Å². The topological polar surface area (TPSA) is 58.5 Å². The molecule has 0 radical (unpaired) electrons. The number of rotatable bonds is 3. The molecule has 6 heteroatoms. The molecule has 2 atom stereocenters. The molecule has 0 amide bonds. The summed E-state index contributed by atoms with van der Waals surface area (Å²) in [6.07, 6.45) is 1.72. The van der Waals surface area contributed by atoms with E-state index < -0.39 is 6.10 Å². The second-order valence-corrected chi connectivity index (χ2v) is 5.01. The Bertz CT molecular complexity index is 621. The molecule has 2 heterocycles. The number of methoxy groups -OCH3 is 1. The van der Waals surface area contributed by atoms with Gasteiger partial charge in [0, 0.05) is 18.8 Å². The Morgan fingerprint density at radius 1 is 1.29 bits per heavy atom. The van der Waals surface area contributed by atoms with Crippen LogP contribution < -0.4 is 9.64 Å². The molecule has 3 rings (SSSR count). The average molecular weight is 289 g/mol. The zero-order valence-corrected chi connectivity index (χ0v) is 11.6. The molecule has 0 spiro atoms. The van der Waals surface area contributed by atoms with Crippen LogP contribution in [0.25, 0.3) is 0 Å². The summed E-state index contributed by atoms with van der Waals surface area (Å²) in [5.41, 5.74) is 0.930. The highest BCUT2D eigenvalue weighted by atomic mass is 19.1. The van der Waals surface area contributed by atoms with Crippen LogP contribution in [0.3, 0.4) is 0 Å². The van der Waals surface area contributed by atoms with Crippen molar-refractivity contribution in [1.82, 2.24) is 9.97 Å². The number of β-amino-alcohol motifs (C(OH)–C–C–N with tert-alkyl or cyclic N) is 1. The van der Waals surface area contributed by atoms with E-state index in [9.17, 15) is 9.50 Å². The van der Waals surface area contributed by atoms with E-state index in [1.807, 2.05) is 4.90 Å². The number of aliphatic hydroxyl groups is 1. The normalized spacial score (nSPS) is 21.6. The minimum Gasteiger partial charge on any atom is -0.481 e. The summed E-state index contributed by atoms with van der Waals surface area (Å²) in [4.78, 5) is 10.5. The highest BCUT2D eigenvalue weighted by molar-refractivity contribution is 5.40. The summed E-state index contributed by atoms with van der Waals surface area (Å²) in [7, 11) is 1.54. The first-order chi connectivity index (χ1) is 10.2. The first-order valence-corrected chi connectivity index (χ1v) is 6.74. The molecule has 0 bridgehead atoms. The lowest BCUT2D eigenvalue weighted by Crippen LogP contribution is -2.26. The monoisotopic (exact) mass is 289 g/mol. The van der Waals surface area contributed by atoms with Crippen molar-refractivity contribution in [3.05, 3.63) is 47.9 Å². The van der Waals surface area contributed by atoms with Crippen LogP contribution in [0.1, 0.15) is 18.0 Å². The molecular weight excluding hydrogens is 273 g/mol. The third-order valence-corrected chi connectivity index (χ3v) is 3.62. The Morgan fingerprint density at radius 2 is 2.05 bits per heavy atom. The smallest absolute Gasteiger partial charge is 0.229 e. The van der Waals surface area contributed by atoms with E-state index in [4.69, 9.17) is 4.74 Å². The molecule has 1 aromatic carbocycles. The average Bonchev–Trinajstić information content (AvgIpc) is 2.90. The predicted molar refractivity (Wildman–Crippen MR) is 75.7 cm³/mol. The van der Waals surface area contributed by atoms with Gasteiger partial charge in [0.05, 0.1) is 19.3 Å². The van der Waals surface area contributed by atoms with Crippen LogP contribution in [0.2, 0.25) is 0 Å². The number of nitrogens with zero attached hydrogens (tertiary/aromatic N) is 3. The van der Waals surface area contributed by atoms with Gasteiger partial charge in [0.2, 0.25) is 11.8 Å². The Balaban J connectivity index is 1.93. The lowest BCUT2D eigenvalue weighted by molar-refractivity contribution is 0.194. The van der Waals surface area contributed by atoms with Gasteiger partial charge in [-0.25, -0.2) is 9.37 Å². The molecule has 21 heavy (non-hydrogen) atoms. The summed E-state index contributed by atoms with van der Waals surface area (Å²) < 4.78 is 18.2. The van der Waals surface area contributed by atoms with E-state index in [0.717, 1.165) is 5.56 Å².